The van der Waals surface area contributed by atoms with Crippen LogP contribution in [0.3, 0.4) is 0 Å². The van der Waals surface area contributed by atoms with Gasteiger partial charge in [0.2, 0.25) is 0 Å². The fourth-order valence-corrected chi connectivity index (χ4v) is 6.17. The minimum Gasteiger partial charge on any atom is -0.507 e. The highest BCUT2D eigenvalue weighted by molar-refractivity contribution is 7.22. The summed E-state index contributed by atoms with van der Waals surface area (Å²) < 4.78 is 0.956. The van der Waals surface area contributed by atoms with Gasteiger partial charge in [0.25, 0.3) is 5.78 Å². The van der Waals surface area contributed by atoms with Gasteiger partial charge in [0, 0.05) is 5.56 Å². The summed E-state index contributed by atoms with van der Waals surface area (Å²) in [5.41, 5.74) is 7.27. The molecule has 3 aromatic carbocycles. The van der Waals surface area contributed by atoms with Crippen LogP contribution in [-0.4, -0.2) is 21.8 Å². The van der Waals surface area contributed by atoms with Crippen LogP contribution in [0, 0.1) is 27.7 Å². The number of carbonyl (C=O) groups excluding carboxylic acids is 2. The smallest absolute Gasteiger partial charge is 0.301 e. The van der Waals surface area contributed by atoms with E-state index in [0.29, 0.717) is 16.6 Å². The number of aliphatic hydroxyl groups is 1. The van der Waals surface area contributed by atoms with Crippen molar-refractivity contribution in [2.75, 3.05) is 4.90 Å². The number of hydrogen-bond donors (Lipinski definition) is 1. The molecular formula is C31H30N2O3S. The van der Waals surface area contributed by atoms with Crippen LogP contribution >= 0.6 is 11.3 Å². The standard InChI is InChI=1S/C31H30N2O3S/c1-16(2)21-9-11-22(12-10-21)27-25(28(34)23-14-17(3)7-8-19(23)5)29(35)30(36)33(27)31-32-26-20(6)13-18(4)15-24(26)37-31/h7-16,27,34H,1-6H3. The summed E-state index contributed by atoms with van der Waals surface area (Å²) >= 11 is 1.39. The van der Waals surface area contributed by atoms with Crippen LogP contribution in [0.2, 0.25) is 0 Å². The molecule has 5 rings (SSSR count). The molecule has 1 saturated heterocycles. The summed E-state index contributed by atoms with van der Waals surface area (Å²) in [5.74, 6) is -1.21. The SMILES string of the molecule is Cc1ccc(C)c(C(O)=C2C(=O)C(=O)N(c3nc4c(C)cc(C)cc4s3)C2c2ccc(C(C)C)cc2)c1. The first-order valence-corrected chi connectivity index (χ1v) is 13.2. The van der Waals surface area contributed by atoms with E-state index in [9.17, 15) is 14.7 Å². The Balaban J connectivity index is 1.76. The number of amides is 1. The molecule has 0 radical (unpaired) electrons. The molecule has 1 aromatic heterocycles. The van der Waals surface area contributed by atoms with Crippen LogP contribution in [0.5, 0.6) is 0 Å². The zero-order valence-corrected chi connectivity index (χ0v) is 22.7. The molecule has 0 saturated carbocycles. The predicted octanol–water partition coefficient (Wildman–Crippen LogP) is 7.28. The molecule has 1 fully saturated rings. The van der Waals surface area contributed by atoms with Crippen LogP contribution in [0.15, 0.2) is 60.2 Å². The molecule has 4 aromatic rings. The van der Waals surface area contributed by atoms with Crippen molar-refractivity contribution in [3.63, 3.8) is 0 Å². The monoisotopic (exact) mass is 510 g/mol. The van der Waals surface area contributed by atoms with Gasteiger partial charge in [-0.05, 0) is 73.6 Å². The van der Waals surface area contributed by atoms with Crippen LogP contribution in [-0.2, 0) is 9.59 Å². The summed E-state index contributed by atoms with van der Waals surface area (Å²) in [6.45, 7) is 12.1. The number of hydrogen-bond acceptors (Lipinski definition) is 5. The van der Waals surface area contributed by atoms with Gasteiger partial charge in [-0.1, -0.05) is 73.2 Å². The molecule has 0 spiro atoms. The second kappa shape index (κ2) is 9.27. The van der Waals surface area contributed by atoms with Gasteiger partial charge in [-0.2, -0.15) is 0 Å². The van der Waals surface area contributed by atoms with E-state index in [1.807, 2.05) is 76.2 Å². The van der Waals surface area contributed by atoms with Crippen LogP contribution < -0.4 is 4.90 Å². The zero-order valence-electron chi connectivity index (χ0n) is 21.9. The molecular weight excluding hydrogens is 480 g/mol. The van der Waals surface area contributed by atoms with Crippen molar-refractivity contribution in [1.29, 1.82) is 0 Å². The average Bonchev–Trinajstić information content (AvgIpc) is 3.39. The molecule has 1 atom stereocenters. The second-order valence-corrected chi connectivity index (χ2v) is 11.2. The topological polar surface area (TPSA) is 70.5 Å². The van der Waals surface area contributed by atoms with Gasteiger partial charge in [-0.3, -0.25) is 14.5 Å². The summed E-state index contributed by atoms with van der Waals surface area (Å²) in [4.78, 5) is 33.4. The molecule has 37 heavy (non-hydrogen) atoms. The number of anilines is 1. The average molecular weight is 511 g/mol. The summed E-state index contributed by atoms with van der Waals surface area (Å²) in [7, 11) is 0. The van der Waals surface area contributed by atoms with Crippen molar-refractivity contribution in [2.24, 2.45) is 0 Å². The van der Waals surface area contributed by atoms with Crippen molar-refractivity contribution in [3.05, 3.63) is 99.1 Å². The van der Waals surface area contributed by atoms with E-state index in [4.69, 9.17) is 4.98 Å². The lowest BCUT2D eigenvalue weighted by molar-refractivity contribution is -0.132. The maximum Gasteiger partial charge on any atom is 0.301 e. The highest BCUT2D eigenvalue weighted by atomic mass is 32.1. The van der Waals surface area contributed by atoms with Crippen molar-refractivity contribution in [1.82, 2.24) is 4.98 Å². The number of Topliss-reactive ketones (excluding diaryl/α,β-unsaturated/α-hetero) is 1. The number of ketones is 1. The van der Waals surface area contributed by atoms with E-state index in [0.717, 1.165) is 43.6 Å². The number of aliphatic hydroxyl groups excluding tert-OH is 1. The zero-order chi connectivity index (χ0) is 26.6. The quantitative estimate of drug-likeness (QED) is 0.178. The highest BCUT2D eigenvalue weighted by Gasteiger charge is 2.48. The molecule has 1 aliphatic heterocycles. The molecule has 1 amide bonds. The van der Waals surface area contributed by atoms with E-state index < -0.39 is 17.7 Å². The van der Waals surface area contributed by atoms with E-state index in [-0.39, 0.29) is 11.3 Å². The number of fused-ring (bicyclic) bond motifs is 1. The molecule has 1 unspecified atom stereocenters. The van der Waals surface area contributed by atoms with Crippen molar-refractivity contribution in [2.45, 2.75) is 53.5 Å². The normalized spacial score (nSPS) is 17.4. The van der Waals surface area contributed by atoms with Gasteiger partial charge in [0.15, 0.2) is 5.13 Å². The van der Waals surface area contributed by atoms with Crippen molar-refractivity contribution < 1.29 is 14.7 Å². The largest absolute Gasteiger partial charge is 0.507 e. The Hall–Kier alpha value is -3.77. The van der Waals surface area contributed by atoms with Gasteiger partial charge < -0.3 is 5.11 Å². The van der Waals surface area contributed by atoms with E-state index in [2.05, 4.69) is 19.9 Å². The first-order chi connectivity index (χ1) is 17.6. The Bertz CT molecular complexity index is 1590. The second-order valence-electron chi connectivity index (χ2n) is 10.2. The van der Waals surface area contributed by atoms with Gasteiger partial charge >= 0.3 is 5.91 Å². The lowest BCUT2D eigenvalue weighted by Gasteiger charge is -2.23. The summed E-state index contributed by atoms with van der Waals surface area (Å²) in [6, 6.07) is 16.9. The first kappa shape index (κ1) is 24.9. The fourth-order valence-electron chi connectivity index (χ4n) is 5.01. The number of carbonyl (C=O) groups is 2. The Kier molecular flexibility index (Phi) is 6.24. The number of thiazole rings is 1. The third kappa shape index (κ3) is 4.25. The Labute approximate surface area is 221 Å². The lowest BCUT2D eigenvalue weighted by Crippen LogP contribution is -2.29. The molecule has 1 N–H and O–H groups in total. The Morgan fingerprint density at radius 2 is 1.62 bits per heavy atom. The maximum atomic E-state index is 13.6. The summed E-state index contributed by atoms with van der Waals surface area (Å²) in [6.07, 6.45) is 0. The number of aryl methyl sites for hydroxylation is 4. The van der Waals surface area contributed by atoms with Gasteiger partial charge in [0.05, 0.1) is 21.8 Å². The van der Waals surface area contributed by atoms with E-state index in [1.54, 1.807) is 0 Å². The molecule has 5 nitrogen and oxygen atoms in total. The molecule has 6 heteroatoms. The van der Waals surface area contributed by atoms with E-state index in [1.165, 1.54) is 16.2 Å². The number of rotatable bonds is 4. The van der Waals surface area contributed by atoms with Gasteiger partial charge in [-0.25, -0.2) is 4.98 Å². The van der Waals surface area contributed by atoms with Crippen molar-refractivity contribution >= 4 is 44.1 Å². The third-order valence-corrected chi connectivity index (χ3v) is 8.04. The molecule has 188 valence electrons. The molecule has 1 aliphatic rings. The molecule has 0 bridgehead atoms. The van der Waals surface area contributed by atoms with E-state index >= 15 is 0 Å². The highest BCUT2D eigenvalue weighted by Crippen LogP contribution is 2.45. The Morgan fingerprint density at radius 3 is 2.30 bits per heavy atom. The third-order valence-electron chi connectivity index (χ3n) is 7.04. The van der Waals surface area contributed by atoms with Gasteiger partial charge in [0.1, 0.15) is 5.76 Å². The van der Waals surface area contributed by atoms with Crippen LogP contribution in [0.25, 0.3) is 16.0 Å². The number of nitrogens with zero attached hydrogens (tertiary/aromatic N) is 2. The number of aromatic nitrogens is 1. The fraction of sp³-hybridized carbons (Fsp3) is 0.258. The van der Waals surface area contributed by atoms with Crippen molar-refractivity contribution in [3.8, 4) is 0 Å². The predicted molar refractivity (Wildman–Crippen MR) is 150 cm³/mol. The molecule has 2 heterocycles. The van der Waals surface area contributed by atoms with Gasteiger partial charge in [-0.15, -0.1) is 0 Å². The minimum absolute atomic E-state index is 0.0863. The maximum absolute atomic E-state index is 13.6. The van der Waals surface area contributed by atoms with Crippen LogP contribution in [0.4, 0.5) is 5.13 Å². The minimum atomic E-state index is -0.789. The number of benzene rings is 3. The lowest BCUT2D eigenvalue weighted by atomic mass is 9.92. The Morgan fingerprint density at radius 1 is 0.919 bits per heavy atom. The summed E-state index contributed by atoms with van der Waals surface area (Å²) in [5, 5.41) is 12.0. The first-order valence-electron chi connectivity index (χ1n) is 12.4. The molecule has 0 aliphatic carbocycles. The van der Waals surface area contributed by atoms with Crippen LogP contribution in [0.1, 0.15) is 64.8 Å².